The number of hydrogen-bond donors (Lipinski definition) is 0. The van der Waals surface area contributed by atoms with Crippen LogP contribution in [-0.4, -0.2) is 47.2 Å². The first-order valence-corrected chi connectivity index (χ1v) is 11.5. The van der Waals surface area contributed by atoms with Crippen LogP contribution in [0.15, 0.2) is 40.6 Å². The van der Waals surface area contributed by atoms with Gasteiger partial charge >= 0.3 is 11.9 Å². The predicted octanol–water partition coefficient (Wildman–Crippen LogP) is 4.35. The second kappa shape index (κ2) is 10.5. The summed E-state index contributed by atoms with van der Waals surface area (Å²) in [5, 5.41) is 1.23. The Labute approximate surface area is 193 Å². The van der Waals surface area contributed by atoms with Gasteiger partial charge in [0.2, 0.25) is 0 Å². The summed E-state index contributed by atoms with van der Waals surface area (Å²) in [5.41, 5.74) is 0.569. The van der Waals surface area contributed by atoms with Gasteiger partial charge in [-0.3, -0.25) is 19.3 Å². The van der Waals surface area contributed by atoms with Crippen molar-refractivity contribution in [3.05, 3.63) is 51.1 Å². The number of amides is 2. The number of thiophene rings is 1. The first-order chi connectivity index (χ1) is 15.3. The predicted molar refractivity (Wildman–Crippen MR) is 121 cm³/mol. The molecule has 0 atom stereocenters. The summed E-state index contributed by atoms with van der Waals surface area (Å²) < 4.78 is 16.0. The Bertz CT molecular complexity index is 1060. The number of ether oxygens (including phenoxy) is 3. The lowest BCUT2D eigenvalue weighted by atomic mass is 10.2. The monoisotopic (exact) mass is 475 g/mol. The second-order valence-corrected chi connectivity index (χ2v) is 8.75. The number of rotatable bonds is 8. The van der Waals surface area contributed by atoms with Crippen molar-refractivity contribution in [2.45, 2.75) is 26.9 Å². The summed E-state index contributed by atoms with van der Waals surface area (Å²) in [5.74, 6) is -1.16. The van der Waals surface area contributed by atoms with Crippen LogP contribution >= 0.6 is 23.1 Å². The second-order valence-electron chi connectivity index (χ2n) is 6.81. The number of thioether (sulfide) groups is 1. The average Bonchev–Trinajstić information content (AvgIpc) is 3.35. The van der Waals surface area contributed by atoms with E-state index < -0.39 is 29.6 Å². The van der Waals surface area contributed by atoms with E-state index in [9.17, 15) is 19.2 Å². The van der Waals surface area contributed by atoms with Crippen molar-refractivity contribution >= 4 is 52.3 Å². The van der Waals surface area contributed by atoms with E-state index in [0.717, 1.165) is 16.7 Å². The molecule has 8 nitrogen and oxygen atoms in total. The highest BCUT2D eigenvalue weighted by Gasteiger charge is 2.36. The van der Waals surface area contributed by atoms with E-state index >= 15 is 0 Å². The van der Waals surface area contributed by atoms with Crippen molar-refractivity contribution in [1.29, 1.82) is 0 Å². The lowest BCUT2D eigenvalue weighted by Crippen LogP contribution is -2.35. The van der Waals surface area contributed by atoms with Crippen molar-refractivity contribution in [2.75, 3.05) is 13.2 Å². The van der Waals surface area contributed by atoms with E-state index in [4.69, 9.17) is 14.2 Å². The molecule has 1 aromatic carbocycles. The molecule has 0 aliphatic carbocycles. The molecular formula is C22H21NO7S2. The molecule has 0 bridgehead atoms. The van der Waals surface area contributed by atoms with Gasteiger partial charge in [0.25, 0.3) is 11.1 Å². The molecule has 1 aliphatic heterocycles. The maximum absolute atomic E-state index is 12.6. The maximum atomic E-state index is 12.6. The zero-order valence-electron chi connectivity index (χ0n) is 17.7. The first kappa shape index (κ1) is 23.6. The Kier molecular flexibility index (Phi) is 7.70. The van der Waals surface area contributed by atoms with Crippen LogP contribution in [0.1, 0.15) is 36.0 Å². The molecule has 168 valence electrons. The Morgan fingerprint density at radius 3 is 2.59 bits per heavy atom. The Morgan fingerprint density at radius 1 is 1.16 bits per heavy atom. The molecule has 0 unspecified atom stereocenters. The van der Waals surface area contributed by atoms with Gasteiger partial charge in [0.15, 0.2) is 11.5 Å². The molecule has 32 heavy (non-hydrogen) atoms. The fourth-order valence-corrected chi connectivity index (χ4v) is 4.17. The molecule has 3 rings (SSSR count). The van der Waals surface area contributed by atoms with Crippen molar-refractivity contribution in [1.82, 2.24) is 4.90 Å². The third-order valence-electron chi connectivity index (χ3n) is 4.02. The highest BCUT2D eigenvalue weighted by atomic mass is 32.2. The molecule has 1 saturated heterocycles. The van der Waals surface area contributed by atoms with Crippen molar-refractivity contribution in [2.24, 2.45) is 0 Å². The molecule has 10 heteroatoms. The van der Waals surface area contributed by atoms with Crippen LogP contribution in [-0.2, 0) is 14.3 Å². The molecule has 0 N–H and O–H groups in total. The van der Waals surface area contributed by atoms with Gasteiger partial charge in [-0.05, 0) is 67.8 Å². The van der Waals surface area contributed by atoms with Crippen LogP contribution in [0.4, 0.5) is 4.79 Å². The number of benzene rings is 1. The molecule has 1 fully saturated rings. The lowest BCUT2D eigenvalue weighted by Gasteiger charge is -2.13. The molecule has 2 amide bonds. The Morgan fingerprint density at radius 2 is 1.94 bits per heavy atom. The number of carbonyl (C=O) groups excluding carboxylic acids is 4. The molecule has 1 aliphatic rings. The van der Waals surface area contributed by atoms with Crippen LogP contribution in [0.5, 0.6) is 11.5 Å². The van der Waals surface area contributed by atoms with Gasteiger partial charge in [-0.15, -0.1) is 11.3 Å². The van der Waals surface area contributed by atoms with Gasteiger partial charge in [0, 0.05) is 0 Å². The SMILES string of the molecule is CCOc1cc(/C=C2\SC(=O)N(CC(=O)OC(C)C)C2=O)ccc1OC(=O)c1cccs1. The van der Waals surface area contributed by atoms with E-state index in [0.29, 0.717) is 22.8 Å². The van der Waals surface area contributed by atoms with Gasteiger partial charge < -0.3 is 14.2 Å². The minimum Gasteiger partial charge on any atom is -0.490 e. The average molecular weight is 476 g/mol. The normalized spacial score (nSPS) is 14.9. The molecule has 0 saturated carbocycles. The van der Waals surface area contributed by atoms with Crippen LogP contribution in [0.3, 0.4) is 0 Å². The van der Waals surface area contributed by atoms with E-state index in [1.165, 1.54) is 17.4 Å². The van der Waals surface area contributed by atoms with Crippen molar-refractivity contribution < 1.29 is 33.4 Å². The minimum atomic E-state index is -0.654. The first-order valence-electron chi connectivity index (χ1n) is 9.75. The Balaban J connectivity index is 1.78. The molecule has 0 radical (unpaired) electrons. The van der Waals surface area contributed by atoms with Gasteiger partial charge in [0.05, 0.1) is 17.6 Å². The van der Waals surface area contributed by atoms with Gasteiger partial charge in [0.1, 0.15) is 11.4 Å². The van der Waals surface area contributed by atoms with Gasteiger partial charge in [-0.25, -0.2) is 4.79 Å². The highest BCUT2D eigenvalue weighted by molar-refractivity contribution is 8.18. The zero-order chi connectivity index (χ0) is 23.3. The summed E-state index contributed by atoms with van der Waals surface area (Å²) >= 11 is 2.00. The molecule has 1 aromatic heterocycles. The van der Waals surface area contributed by atoms with Crippen LogP contribution < -0.4 is 9.47 Å². The maximum Gasteiger partial charge on any atom is 0.353 e. The summed E-state index contributed by atoms with van der Waals surface area (Å²) in [6, 6.07) is 8.23. The summed E-state index contributed by atoms with van der Waals surface area (Å²) in [6.07, 6.45) is 1.17. The molecule has 2 aromatic rings. The van der Waals surface area contributed by atoms with Gasteiger partial charge in [-0.1, -0.05) is 12.1 Å². The summed E-state index contributed by atoms with van der Waals surface area (Å²) in [4.78, 5) is 50.4. The largest absolute Gasteiger partial charge is 0.490 e. The number of imide groups is 1. The van der Waals surface area contributed by atoms with Crippen LogP contribution in [0, 0.1) is 0 Å². The van der Waals surface area contributed by atoms with E-state index in [1.807, 2.05) is 0 Å². The number of nitrogens with zero attached hydrogens (tertiary/aromatic N) is 1. The third-order valence-corrected chi connectivity index (χ3v) is 5.78. The third kappa shape index (κ3) is 5.77. The zero-order valence-corrected chi connectivity index (χ0v) is 19.3. The van der Waals surface area contributed by atoms with Gasteiger partial charge in [-0.2, -0.15) is 0 Å². The van der Waals surface area contributed by atoms with Crippen molar-refractivity contribution in [3.63, 3.8) is 0 Å². The smallest absolute Gasteiger partial charge is 0.353 e. The van der Waals surface area contributed by atoms with E-state index in [2.05, 4.69) is 0 Å². The topological polar surface area (TPSA) is 99.2 Å². The van der Waals surface area contributed by atoms with E-state index in [1.54, 1.807) is 56.5 Å². The van der Waals surface area contributed by atoms with E-state index in [-0.39, 0.29) is 16.8 Å². The number of esters is 2. The standard InChI is InChI=1S/C22H21NO7S2/c1-4-28-16-10-14(7-8-15(16)30-21(26)17-6-5-9-31-17)11-18-20(25)23(22(27)32-18)12-19(24)29-13(2)3/h5-11,13H,4,12H2,1-3H3/b18-11-. The van der Waals surface area contributed by atoms with Crippen LogP contribution in [0.25, 0.3) is 6.08 Å². The number of carbonyl (C=O) groups is 4. The Hall–Kier alpha value is -3.11. The highest BCUT2D eigenvalue weighted by Crippen LogP contribution is 2.35. The van der Waals surface area contributed by atoms with Crippen LogP contribution in [0.2, 0.25) is 0 Å². The molecular weight excluding hydrogens is 454 g/mol. The number of hydrogen-bond acceptors (Lipinski definition) is 9. The summed E-state index contributed by atoms with van der Waals surface area (Å²) in [7, 11) is 0. The molecule has 0 spiro atoms. The quantitative estimate of drug-likeness (QED) is 0.316. The summed E-state index contributed by atoms with van der Waals surface area (Å²) in [6.45, 7) is 5.05. The fraction of sp³-hybridized carbons (Fsp3) is 0.273. The fourth-order valence-electron chi connectivity index (χ4n) is 2.73. The minimum absolute atomic E-state index is 0.165. The lowest BCUT2D eigenvalue weighted by molar-refractivity contribution is -0.149. The molecule has 2 heterocycles. The van der Waals surface area contributed by atoms with Crippen molar-refractivity contribution in [3.8, 4) is 11.5 Å².